The second-order valence-electron chi connectivity index (χ2n) is 10.9. The van der Waals surface area contributed by atoms with Crippen LogP contribution in [-0.4, -0.2) is 45.9 Å². The first-order valence-electron chi connectivity index (χ1n) is 14.1. The number of halogens is 2. The Balaban J connectivity index is 1.26. The number of hydrogen-bond donors (Lipinski definition) is 1. The van der Waals surface area contributed by atoms with Crippen molar-refractivity contribution in [3.8, 4) is 0 Å². The minimum atomic E-state index is -0.691. The highest BCUT2D eigenvalue weighted by Crippen LogP contribution is 2.43. The molecular weight excluding hydrogens is 502 g/mol. The molecule has 0 bridgehead atoms. The van der Waals surface area contributed by atoms with E-state index in [-0.39, 0.29) is 23.6 Å². The Bertz CT molecular complexity index is 1240. The van der Waals surface area contributed by atoms with Gasteiger partial charge in [0.15, 0.2) is 0 Å². The number of thioether (sulfide) groups is 1. The van der Waals surface area contributed by atoms with Gasteiger partial charge in [-0.1, -0.05) is 6.92 Å². The van der Waals surface area contributed by atoms with Crippen molar-refractivity contribution in [1.82, 2.24) is 9.47 Å². The summed E-state index contributed by atoms with van der Waals surface area (Å²) in [6.07, 6.45) is 7.23. The third kappa shape index (κ3) is 5.94. The molecule has 1 aromatic heterocycles. The number of nitrogens with zero attached hydrogens (tertiary/aromatic N) is 2. The molecule has 1 aliphatic heterocycles. The quantitative estimate of drug-likeness (QED) is 0.224. The van der Waals surface area contributed by atoms with E-state index in [9.17, 15) is 18.7 Å². The Morgan fingerprint density at radius 2 is 1.66 bits per heavy atom. The number of aliphatic carboxylic acids is 1. The predicted molar refractivity (Wildman–Crippen MR) is 150 cm³/mol. The van der Waals surface area contributed by atoms with Gasteiger partial charge in [-0.3, -0.25) is 4.79 Å². The molecule has 0 radical (unpaired) electrons. The van der Waals surface area contributed by atoms with Gasteiger partial charge in [-0.25, -0.2) is 8.78 Å². The van der Waals surface area contributed by atoms with E-state index < -0.39 is 5.97 Å². The van der Waals surface area contributed by atoms with Crippen LogP contribution in [0.1, 0.15) is 75.1 Å². The van der Waals surface area contributed by atoms with Crippen LogP contribution < -0.4 is 0 Å². The van der Waals surface area contributed by atoms with Gasteiger partial charge in [-0.05, 0) is 131 Å². The average molecular weight is 541 g/mol. The fourth-order valence-corrected chi connectivity index (χ4v) is 7.47. The van der Waals surface area contributed by atoms with Crippen LogP contribution in [0.5, 0.6) is 0 Å². The third-order valence-electron chi connectivity index (χ3n) is 8.55. The van der Waals surface area contributed by atoms with Gasteiger partial charge >= 0.3 is 5.97 Å². The van der Waals surface area contributed by atoms with Gasteiger partial charge in [0.2, 0.25) is 0 Å². The van der Waals surface area contributed by atoms with Crippen molar-refractivity contribution in [2.45, 2.75) is 75.1 Å². The molecule has 3 aromatic rings. The minimum Gasteiger partial charge on any atom is -0.481 e. The fourth-order valence-electron chi connectivity index (χ4n) is 6.63. The van der Waals surface area contributed by atoms with Crippen molar-refractivity contribution >= 4 is 28.6 Å². The summed E-state index contributed by atoms with van der Waals surface area (Å²) in [5.41, 5.74) is 3.70. The smallest absolute Gasteiger partial charge is 0.306 e. The summed E-state index contributed by atoms with van der Waals surface area (Å²) in [6, 6.07) is 12.2. The number of fused-ring (bicyclic) bond motifs is 1. The molecule has 0 unspecified atom stereocenters. The van der Waals surface area contributed by atoms with Crippen molar-refractivity contribution < 1.29 is 18.7 Å². The lowest BCUT2D eigenvalue weighted by molar-refractivity contribution is -0.143. The maximum absolute atomic E-state index is 14.4. The van der Waals surface area contributed by atoms with Crippen LogP contribution in [0, 0.1) is 17.6 Å². The molecule has 0 amide bonds. The second-order valence-corrected chi connectivity index (χ2v) is 12.0. The van der Waals surface area contributed by atoms with Gasteiger partial charge in [0.05, 0.1) is 11.4 Å². The van der Waals surface area contributed by atoms with Crippen LogP contribution in [-0.2, 0) is 11.2 Å². The van der Waals surface area contributed by atoms with Gasteiger partial charge in [0.1, 0.15) is 11.6 Å². The lowest BCUT2D eigenvalue weighted by atomic mass is 9.85. The largest absolute Gasteiger partial charge is 0.481 e. The van der Waals surface area contributed by atoms with Crippen molar-refractivity contribution in [2.75, 3.05) is 25.4 Å². The Morgan fingerprint density at radius 3 is 2.32 bits per heavy atom. The molecule has 4 nitrogen and oxygen atoms in total. The lowest BCUT2D eigenvalue weighted by Gasteiger charge is -2.33. The fraction of sp³-hybridized carbons (Fsp3) is 0.516. The summed E-state index contributed by atoms with van der Waals surface area (Å²) in [5, 5.41) is 10.6. The lowest BCUT2D eigenvalue weighted by Crippen LogP contribution is -2.34. The van der Waals surface area contributed by atoms with E-state index in [1.165, 1.54) is 28.8 Å². The molecule has 1 aliphatic carbocycles. The SMILES string of the molecule is CCc1c(C2CCN(CCCSc3ccc(F)cc3)CC2)c2ccc(F)cc2n1C1CCC(C(=O)O)CC1. The Kier molecular flexibility index (Phi) is 8.74. The highest BCUT2D eigenvalue weighted by atomic mass is 32.2. The summed E-state index contributed by atoms with van der Waals surface area (Å²) < 4.78 is 29.9. The topological polar surface area (TPSA) is 45.5 Å². The molecule has 2 heterocycles. The first kappa shape index (κ1) is 27.2. The van der Waals surface area contributed by atoms with Crippen LogP contribution >= 0.6 is 11.8 Å². The molecule has 2 aromatic carbocycles. The minimum absolute atomic E-state index is 0.192. The first-order chi connectivity index (χ1) is 18.4. The molecule has 2 aliphatic rings. The molecule has 38 heavy (non-hydrogen) atoms. The molecule has 5 rings (SSSR count). The average Bonchev–Trinajstić information content (AvgIpc) is 3.25. The van der Waals surface area contributed by atoms with Crippen LogP contribution in [0.3, 0.4) is 0 Å². The molecule has 2 fully saturated rings. The summed E-state index contributed by atoms with van der Waals surface area (Å²) in [4.78, 5) is 15.2. The molecule has 0 atom stereocenters. The Labute approximate surface area is 228 Å². The zero-order chi connectivity index (χ0) is 26.6. The molecule has 204 valence electrons. The van der Waals surface area contributed by atoms with E-state index >= 15 is 0 Å². The van der Waals surface area contributed by atoms with E-state index in [2.05, 4.69) is 16.4 Å². The molecule has 1 saturated carbocycles. The number of piperidine rings is 1. The van der Waals surface area contributed by atoms with Crippen LogP contribution in [0.4, 0.5) is 8.78 Å². The van der Waals surface area contributed by atoms with Crippen molar-refractivity contribution in [3.05, 3.63) is 65.4 Å². The monoisotopic (exact) mass is 540 g/mol. The number of carboxylic acid groups (broad SMARTS) is 1. The standard InChI is InChI=1S/C31H38F2N2O2S/c1-2-28-30(21-14-17-34(18-15-21)16-3-19-38-26-11-6-23(32)7-12-26)27-13-8-24(33)20-29(27)35(28)25-9-4-22(5-10-25)31(36)37/h6-8,11-13,20-22,25H,2-5,9-10,14-19H2,1H3,(H,36,37). The van der Waals surface area contributed by atoms with E-state index in [1.807, 2.05) is 18.2 Å². The summed E-state index contributed by atoms with van der Waals surface area (Å²) in [7, 11) is 0. The number of carboxylic acids is 1. The zero-order valence-electron chi connectivity index (χ0n) is 22.2. The van der Waals surface area contributed by atoms with Gasteiger partial charge in [0, 0.05) is 22.0 Å². The summed E-state index contributed by atoms with van der Waals surface area (Å²) in [5.74, 6) is 0.130. The maximum Gasteiger partial charge on any atom is 0.306 e. The van der Waals surface area contributed by atoms with Gasteiger partial charge in [0.25, 0.3) is 0 Å². The van der Waals surface area contributed by atoms with E-state index in [0.29, 0.717) is 18.8 Å². The molecular formula is C31H38F2N2O2S. The zero-order valence-corrected chi connectivity index (χ0v) is 23.0. The normalized spacial score (nSPS) is 21.2. The predicted octanol–water partition coefficient (Wildman–Crippen LogP) is 7.66. The number of aromatic nitrogens is 1. The van der Waals surface area contributed by atoms with Crippen molar-refractivity contribution in [1.29, 1.82) is 0 Å². The molecule has 1 N–H and O–H groups in total. The van der Waals surface area contributed by atoms with Crippen molar-refractivity contribution in [2.24, 2.45) is 5.92 Å². The number of hydrogen-bond acceptors (Lipinski definition) is 3. The number of rotatable bonds is 9. The highest BCUT2D eigenvalue weighted by Gasteiger charge is 2.32. The van der Waals surface area contributed by atoms with Gasteiger partial charge in [-0.2, -0.15) is 0 Å². The Hall–Kier alpha value is -2.38. The number of benzene rings is 2. The number of carbonyl (C=O) groups is 1. The second kappa shape index (κ2) is 12.2. The van der Waals surface area contributed by atoms with Crippen molar-refractivity contribution in [3.63, 3.8) is 0 Å². The molecule has 0 spiro atoms. The van der Waals surface area contributed by atoms with Crippen LogP contribution in [0.15, 0.2) is 47.4 Å². The van der Waals surface area contributed by atoms with Crippen LogP contribution in [0.2, 0.25) is 0 Å². The number of likely N-dealkylation sites (tertiary alicyclic amines) is 1. The van der Waals surface area contributed by atoms with Gasteiger partial charge in [-0.15, -0.1) is 11.8 Å². The van der Waals surface area contributed by atoms with E-state index in [1.54, 1.807) is 23.9 Å². The van der Waals surface area contributed by atoms with E-state index in [0.717, 1.165) is 74.3 Å². The summed E-state index contributed by atoms with van der Waals surface area (Å²) in [6.45, 7) is 5.39. The first-order valence-corrected chi connectivity index (χ1v) is 15.1. The van der Waals surface area contributed by atoms with Gasteiger partial charge < -0.3 is 14.6 Å². The maximum atomic E-state index is 14.4. The van der Waals surface area contributed by atoms with E-state index in [4.69, 9.17) is 0 Å². The Morgan fingerprint density at radius 1 is 0.974 bits per heavy atom. The molecule has 7 heteroatoms. The summed E-state index contributed by atoms with van der Waals surface area (Å²) >= 11 is 1.78. The molecule has 1 saturated heterocycles. The highest BCUT2D eigenvalue weighted by molar-refractivity contribution is 7.99. The van der Waals surface area contributed by atoms with Crippen LogP contribution in [0.25, 0.3) is 10.9 Å². The third-order valence-corrected chi connectivity index (χ3v) is 9.65.